The maximum absolute atomic E-state index is 12.9. The van der Waals surface area contributed by atoms with Crippen LogP contribution in [0.3, 0.4) is 0 Å². The molecule has 1 amide bonds. The van der Waals surface area contributed by atoms with Crippen LogP contribution in [0.2, 0.25) is 0 Å². The average Bonchev–Trinajstić information content (AvgIpc) is 3.10. The Bertz CT molecular complexity index is 976. The van der Waals surface area contributed by atoms with Crippen molar-refractivity contribution in [2.75, 3.05) is 34.4 Å². The zero-order chi connectivity index (χ0) is 23.1. The summed E-state index contributed by atoms with van der Waals surface area (Å²) in [5.41, 5.74) is 0.363. The van der Waals surface area contributed by atoms with Gasteiger partial charge in [0.2, 0.25) is 11.7 Å². The van der Waals surface area contributed by atoms with Gasteiger partial charge in [0, 0.05) is 37.9 Å². The SMILES string of the molecule is COc1cc(Cn2ccnc2C2CCN(C(=O)C3(C)CC3(Cl)Cl)CC2)cc(OC)c1OC. The number of aromatic nitrogens is 2. The summed E-state index contributed by atoms with van der Waals surface area (Å²) in [4.78, 5) is 19.4. The molecule has 7 nitrogen and oxygen atoms in total. The molecule has 9 heteroatoms. The molecule has 2 fully saturated rings. The second-order valence-corrected chi connectivity index (χ2v) is 10.2. The van der Waals surface area contributed by atoms with Crippen LogP contribution in [0, 0.1) is 5.41 Å². The van der Waals surface area contributed by atoms with E-state index in [9.17, 15) is 4.79 Å². The van der Waals surface area contributed by atoms with E-state index in [0.29, 0.717) is 43.3 Å². The summed E-state index contributed by atoms with van der Waals surface area (Å²) in [6.07, 6.45) is 6.03. The number of likely N-dealkylation sites (tertiary alicyclic amines) is 1. The van der Waals surface area contributed by atoms with Crippen molar-refractivity contribution in [1.82, 2.24) is 14.5 Å². The van der Waals surface area contributed by atoms with Crippen LogP contribution in [-0.4, -0.2) is 59.1 Å². The third-order valence-corrected chi connectivity index (χ3v) is 7.80. The Morgan fingerprint density at radius 1 is 1.12 bits per heavy atom. The number of rotatable bonds is 7. The number of piperidine rings is 1. The van der Waals surface area contributed by atoms with Crippen LogP contribution in [0.15, 0.2) is 24.5 Å². The van der Waals surface area contributed by atoms with Gasteiger partial charge in [0.25, 0.3) is 0 Å². The van der Waals surface area contributed by atoms with Crippen molar-refractivity contribution in [2.45, 2.75) is 43.0 Å². The van der Waals surface area contributed by atoms with E-state index in [4.69, 9.17) is 37.4 Å². The Labute approximate surface area is 198 Å². The Hall–Kier alpha value is -2.12. The maximum Gasteiger partial charge on any atom is 0.231 e. The minimum absolute atomic E-state index is 0.0571. The second kappa shape index (κ2) is 8.67. The lowest BCUT2D eigenvalue weighted by Gasteiger charge is -2.34. The van der Waals surface area contributed by atoms with Crippen LogP contribution in [-0.2, 0) is 11.3 Å². The molecule has 1 saturated carbocycles. The molecule has 32 heavy (non-hydrogen) atoms. The number of amides is 1. The van der Waals surface area contributed by atoms with E-state index in [-0.39, 0.29) is 11.8 Å². The number of carbonyl (C=O) groups excluding carboxylic acids is 1. The van der Waals surface area contributed by atoms with E-state index in [1.165, 1.54) is 0 Å². The summed E-state index contributed by atoms with van der Waals surface area (Å²) in [5.74, 6) is 3.18. The number of benzene rings is 1. The first-order valence-corrected chi connectivity index (χ1v) is 11.5. The standard InChI is InChI=1S/C23H29Cl2N3O4/c1-22(14-23(22,24)25)21(29)27-8-5-16(6-9-27)20-26-7-10-28(20)13-15-11-17(30-2)19(32-4)18(12-15)31-3/h7,10-12,16H,5-6,8-9,13-14H2,1-4H3. The predicted molar refractivity (Wildman–Crippen MR) is 123 cm³/mol. The fourth-order valence-corrected chi connectivity index (χ4v) is 5.26. The molecule has 0 bridgehead atoms. The second-order valence-electron chi connectivity index (χ2n) is 8.73. The Morgan fingerprint density at radius 2 is 1.72 bits per heavy atom. The summed E-state index contributed by atoms with van der Waals surface area (Å²) in [7, 11) is 4.81. The topological polar surface area (TPSA) is 65.8 Å². The number of alkyl halides is 2. The molecule has 1 aliphatic heterocycles. The van der Waals surface area contributed by atoms with Crippen molar-refractivity contribution in [1.29, 1.82) is 0 Å². The quantitative estimate of drug-likeness (QED) is 0.553. The first-order valence-electron chi connectivity index (χ1n) is 10.7. The van der Waals surface area contributed by atoms with E-state index < -0.39 is 9.75 Å². The molecule has 2 aromatic rings. The minimum atomic E-state index is -0.933. The van der Waals surface area contributed by atoms with Gasteiger partial charge in [-0.3, -0.25) is 4.79 Å². The highest BCUT2D eigenvalue weighted by Gasteiger charge is 2.68. The van der Waals surface area contributed by atoms with Gasteiger partial charge in [0.1, 0.15) is 10.2 Å². The minimum Gasteiger partial charge on any atom is -0.493 e. The summed E-state index contributed by atoms with van der Waals surface area (Å²) < 4.78 is 17.6. The lowest BCUT2D eigenvalue weighted by Crippen LogP contribution is -2.43. The number of hydrogen-bond acceptors (Lipinski definition) is 5. The van der Waals surface area contributed by atoms with Gasteiger partial charge < -0.3 is 23.7 Å². The van der Waals surface area contributed by atoms with E-state index in [2.05, 4.69) is 9.55 Å². The first kappa shape index (κ1) is 23.1. The lowest BCUT2D eigenvalue weighted by atomic mass is 9.94. The van der Waals surface area contributed by atoms with Crippen LogP contribution < -0.4 is 14.2 Å². The third-order valence-electron chi connectivity index (χ3n) is 6.70. The van der Waals surface area contributed by atoms with E-state index in [1.807, 2.05) is 36.4 Å². The van der Waals surface area contributed by atoms with E-state index in [1.54, 1.807) is 21.3 Å². The highest BCUT2D eigenvalue weighted by molar-refractivity contribution is 6.53. The van der Waals surface area contributed by atoms with Gasteiger partial charge in [-0.15, -0.1) is 23.2 Å². The normalized spacial score (nSPS) is 22.5. The summed E-state index contributed by atoms with van der Waals surface area (Å²) in [6.45, 7) is 3.84. The van der Waals surface area contributed by atoms with Crippen molar-refractivity contribution >= 4 is 29.1 Å². The number of carbonyl (C=O) groups is 1. The molecule has 174 valence electrons. The van der Waals surface area contributed by atoms with Crippen LogP contribution in [0.1, 0.15) is 43.5 Å². The number of methoxy groups -OCH3 is 3. The Balaban J connectivity index is 1.46. The largest absolute Gasteiger partial charge is 0.493 e. The molecule has 1 aliphatic carbocycles. The Morgan fingerprint density at radius 3 is 2.22 bits per heavy atom. The smallest absolute Gasteiger partial charge is 0.231 e. The van der Waals surface area contributed by atoms with Crippen LogP contribution in [0.5, 0.6) is 17.2 Å². The van der Waals surface area contributed by atoms with Gasteiger partial charge in [-0.2, -0.15) is 0 Å². The third kappa shape index (κ3) is 4.01. The van der Waals surface area contributed by atoms with Crippen molar-refractivity contribution < 1.29 is 19.0 Å². The molecule has 2 aliphatic rings. The fourth-order valence-electron chi connectivity index (χ4n) is 4.56. The van der Waals surface area contributed by atoms with Crippen molar-refractivity contribution in [3.05, 3.63) is 35.9 Å². The highest BCUT2D eigenvalue weighted by atomic mass is 35.5. The first-order chi connectivity index (χ1) is 15.2. The van der Waals surface area contributed by atoms with Gasteiger partial charge in [0.15, 0.2) is 11.5 Å². The van der Waals surface area contributed by atoms with Gasteiger partial charge in [-0.1, -0.05) is 0 Å². The average molecular weight is 482 g/mol. The molecule has 4 rings (SSSR count). The molecule has 0 radical (unpaired) electrons. The van der Waals surface area contributed by atoms with E-state index in [0.717, 1.165) is 24.2 Å². The molecule has 1 saturated heterocycles. The zero-order valence-corrected chi connectivity index (χ0v) is 20.4. The lowest BCUT2D eigenvalue weighted by molar-refractivity contribution is -0.137. The predicted octanol–water partition coefficient (Wildman–Crippen LogP) is 4.25. The maximum atomic E-state index is 12.9. The Kier molecular flexibility index (Phi) is 6.25. The summed E-state index contributed by atoms with van der Waals surface area (Å²) in [5, 5.41) is 0. The van der Waals surface area contributed by atoms with Gasteiger partial charge in [-0.05, 0) is 43.9 Å². The molecule has 0 N–H and O–H groups in total. The zero-order valence-electron chi connectivity index (χ0n) is 18.9. The monoisotopic (exact) mass is 481 g/mol. The van der Waals surface area contributed by atoms with E-state index >= 15 is 0 Å². The molecule has 1 aromatic carbocycles. The van der Waals surface area contributed by atoms with Gasteiger partial charge >= 0.3 is 0 Å². The molecule has 2 heterocycles. The van der Waals surface area contributed by atoms with Crippen LogP contribution >= 0.6 is 23.2 Å². The molecule has 0 spiro atoms. The van der Waals surface area contributed by atoms with Crippen LogP contribution in [0.4, 0.5) is 0 Å². The van der Waals surface area contributed by atoms with Crippen LogP contribution in [0.25, 0.3) is 0 Å². The van der Waals surface area contributed by atoms with Crippen molar-refractivity contribution in [2.24, 2.45) is 5.41 Å². The number of nitrogens with zero attached hydrogens (tertiary/aromatic N) is 3. The highest BCUT2D eigenvalue weighted by Crippen LogP contribution is 2.64. The fraction of sp³-hybridized carbons (Fsp3) is 0.565. The number of ether oxygens (including phenoxy) is 3. The van der Waals surface area contributed by atoms with Crippen molar-refractivity contribution in [3.8, 4) is 17.2 Å². The molecule has 1 aromatic heterocycles. The summed E-state index contributed by atoms with van der Waals surface area (Å²) >= 11 is 12.4. The molecular formula is C23H29Cl2N3O4. The molecular weight excluding hydrogens is 453 g/mol. The molecule has 1 atom stereocenters. The van der Waals surface area contributed by atoms with Crippen molar-refractivity contribution in [3.63, 3.8) is 0 Å². The molecule has 1 unspecified atom stereocenters. The summed E-state index contributed by atoms with van der Waals surface area (Å²) in [6, 6.07) is 3.90. The number of imidazole rings is 1. The number of hydrogen-bond donors (Lipinski definition) is 0. The number of halogens is 2. The van der Waals surface area contributed by atoms with Gasteiger partial charge in [0.05, 0.1) is 26.7 Å². The van der Waals surface area contributed by atoms with Gasteiger partial charge in [-0.25, -0.2) is 4.98 Å².